The summed E-state index contributed by atoms with van der Waals surface area (Å²) in [6, 6.07) is 11.5. The number of rotatable bonds is 6. The predicted octanol–water partition coefficient (Wildman–Crippen LogP) is 2.33. The Bertz CT molecular complexity index is 1020. The van der Waals surface area contributed by atoms with Crippen LogP contribution in [-0.4, -0.2) is 26.4 Å². The monoisotopic (exact) mass is 416 g/mol. The molecule has 0 fully saturated rings. The Hall–Kier alpha value is -2.71. The van der Waals surface area contributed by atoms with Gasteiger partial charge in [-0.1, -0.05) is 18.2 Å². The van der Waals surface area contributed by atoms with Crippen molar-refractivity contribution in [1.82, 2.24) is 0 Å². The van der Waals surface area contributed by atoms with Crippen molar-refractivity contribution in [3.63, 3.8) is 0 Å². The molecule has 0 saturated heterocycles. The maximum atomic E-state index is 12.2. The van der Waals surface area contributed by atoms with Crippen molar-refractivity contribution >= 4 is 27.6 Å². The van der Waals surface area contributed by atoms with Crippen LogP contribution in [0.15, 0.2) is 47.4 Å². The summed E-state index contributed by atoms with van der Waals surface area (Å²) in [6.07, 6.45) is 3.59. The molecule has 154 valence electrons. The molecule has 1 aliphatic carbocycles. The molecule has 0 radical (unpaired) electrons. The van der Waals surface area contributed by atoms with Gasteiger partial charge in [-0.15, -0.1) is 0 Å². The average Bonchev–Trinajstić information content (AvgIpc) is 2.67. The fourth-order valence-electron chi connectivity index (χ4n) is 3.33. The van der Waals surface area contributed by atoms with Crippen LogP contribution in [0, 0.1) is 0 Å². The summed E-state index contributed by atoms with van der Waals surface area (Å²) in [4.78, 5) is 24.4. The number of benzene rings is 2. The second kappa shape index (κ2) is 8.75. The largest absolute Gasteiger partial charge is 0.452 e. The van der Waals surface area contributed by atoms with Gasteiger partial charge in [0.05, 0.1) is 11.3 Å². The first-order valence-electron chi connectivity index (χ1n) is 9.46. The van der Waals surface area contributed by atoms with Crippen LogP contribution >= 0.6 is 0 Å². The van der Waals surface area contributed by atoms with Gasteiger partial charge in [-0.25, -0.2) is 13.6 Å². The molecular formula is C21H24N2O5S. The van der Waals surface area contributed by atoms with Crippen molar-refractivity contribution in [1.29, 1.82) is 0 Å². The second-order valence-electron chi connectivity index (χ2n) is 7.18. The van der Waals surface area contributed by atoms with E-state index in [4.69, 9.17) is 9.88 Å². The minimum atomic E-state index is -3.80. The molecule has 29 heavy (non-hydrogen) atoms. The molecule has 1 aliphatic rings. The van der Waals surface area contributed by atoms with E-state index < -0.39 is 28.0 Å². The van der Waals surface area contributed by atoms with Crippen LogP contribution in [-0.2, 0) is 43.6 Å². The van der Waals surface area contributed by atoms with Crippen LogP contribution in [0.3, 0.4) is 0 Å². The quantitative estimate of drug-likeness (QED) is 0.701. The zero-order chi connectivity index (χ0) is 21.0. The molecule has 0 unspecified atom stereocenters. The first kappa shape index (κ1) is 21.0. The average molecular weight is 416 g/mol. The number of carbonyl (C=O) groups is 2. The number of carbonyl (C=O) groups excluding carboxylic acids is 2. The molecule has 7 nitrogen and oxygen atoms in total. The van der Waals surface area contributed by atoms with Crippen LogP contribution < -0.4 is 10.5 Å². The van der Waals surface area contributed by atoms with Gasteiger partial charge in [0, 0.05) is 5.69 Å². The Kier molecular flexibility index (Phi) is 6.34. The Labute approximate surface area is 170 Å². The van der Waals surface area contributed by atoms with E-state index in [2.05, 4.69) is 11.4 Å². The standard InChI is InChI=1S/C21H24N2O5S/c1-14(21(25)23-18-8-10-19(11-9-18)29(22,26)27)28-20(24)13-15-6-7-16-4-2-3-5-17(16)12-15/h6-12,14H,2-5,13H2,1H3,(H,23,25)(H2,22,26,27)/t14-/m1/s1. The molecule has 0 saturated carbocycles. The van der Waals surface area contributed by atoms with Gasteiger partial charge in [-0.2, -0.15) is 0 Å². The number of nitrogens with two attached hydrogens (primary N) is 1. The van der Waals surface area contributed by atoms with Crippen LogP contribution in [0.2, 0.25) is 0 Å². The van der Waals surface area contributed by atoms with Gasteiger partial charge >= 0.3 is 5.97 Å². The maximum absolute atomic E-state index is 12.2. The number of aryl methyl sites for hydroxylation is 2. The van der Waals surface area contributed by atoms with E-state index in [-0.39, 0.29) is 11.3 Å². The van der Waals surface area contributed by atoms with Gasteiger partial charge in [0.1, 0.15) is 0 Å². The summed E-state index contributed by atoms with van der Waals surface area (Å²) in [5, 5.41) is 7.62. The van der Waals surface area contributed by atoms with Crippen molar-refractivity contribution in [2.24, 2.45) is 5.14 Å². The fraction of sp³-hybridized carbons (Fsp3) is 0.333. The minimum Gasteiger partial charge on any atom is -0.452 e. The number of nitrogens with one attached hydrogen (secondary N) is 1. The number of fused-ring (bicyclic) bond motifs is 1. The number of amides is 1. The summed E-state index contributed by atoms with van der Waals surface area (Å²) in [5.74, 6) is -0.986. The minimum absolute atomic E-state index is 0.0555. The van der Waals surface area contributed by atoms with Gasteiger partial charge in [-0.05, 0) is 73.6 Å². The van der Waals surface area contributed by atoms with E-state index in [1.165, 1.54) is 48.7 Å². The number of hydrogen-bond donors (Lipinski definition) is 2. The lowest BCUT2D eigenvalue weighted by Crippen LogP contribution is -2.30. The molecule has 3 rings (SSSR count). The lowest BCUT2D eigenvalue weighted by molar-refractivity contribution is -0.152. The number of ether oxygens (including phenoxy) is 1. The Morgan fingerprint density at radius 1 is 1.07 bits per heavy atom. The summed E-state index contributed by atoms with van der Waals surface area (Å²) in [5.41, 5.74) is 3.88. The van der Waals surface area contributed by atoms with Crippen LogP contribution in [0.1, 0.15) is 36.5 Å². The van der Waals surface area contributed by atoms with Gasteiger partial charge in [0.15, 0.2) is 6.10 Å². The molecule has 0 aromatic heterocycles. The summed E-state index contributed by atoms with van der Waals surface area (Å²) >= 11 is 0. The zero-order valence-electron chi connectivity index (χ0n) is 16.2. The topological polar surface area (TPSA) is 116 Å². The number of hydrogen-bond acceptors (Lipinski definition) is 5. The molecule has 3 N–H and O–H groups in total. The highest BCUT2D eigenvalue weighted by Crippen LogP contribution is 2.22. The highest BCUT2D eigenvalue weighted by molar-refractivity contribution is 7.89. The number of sulfonamides is 1. The number of esters is 1. The first-order chi connectivity index (χ1) is 13.7. The molecule has 1 amide bonds. The van der Waals surface area contributed by atoms with Crippen molar-refractivity contribution in [3.8, 4) is 0 Å². The van der Waals surface area contributed by atoms with E-state index in [1.54, 1.807) is 0 Å². The van der Waals surface area contributed by atoms with E-state index in [0.29, 0.717) is 5.69 Å². The summed E-state index contributed by atoms with van der Waals surface area (Å²) < 4.78 is 27.8. The SMILES string of the molecule is C[C@@H](OC(=O)Cc1ccc2c(c1)CCCC2)C(=O)Nc1ccc(S(N)(=O)=O)cc1. The predicted molar refractivity (Wildman–Crippen MR) is 109 cm³/mol. The third kappa shape index (κ3) is 5.65. The second-order valence-corrected chi connectivity index (χ2v) is 8.74. The first-order valence-corrected chi connectivity index (χ1v) is 11.0. The Morgan fingerprint density at radius 2 is 1.72 bits per heavy atom. The van der Waals surface area contributed by atoms with Crippen molar-refractivity contribution in [3.05, 3.63) is 59.2 Å². The third-order valence-corrected chi connectivity index (χ3v) is 5.82. The smallest absolute Gasteiger partial charge is 0.311 e. The van der Waals surface area contributed by atoms with Crippen molar-refractivity contribution in [2.45, 2.75) is 50.0 Å². The van der Waals surface area contributed by atoms with Crippen LogP contribution in [0.25, 0.3) is 0 Å². The number of primary sulfonamides is 1. The molecule has 0 heterocycles. The normalized spacial score (nSPS) is 14.6. The van der Waals surface area contributed by atoms with Crippen LogP contribution in [0.5, 0.6) is 0 Å². The molecular weight excluding hydrogens is 392 g/mol. The van der Waals surface area contributed by atoms with E-state index in [1.807, 2.05) is 12.1 Å². The highest BCUT2D eigenvalue weighted by atomic mass is 32.2. The zero-order valence-corrected chi connectivity index (χ0v) is 17.0. The summed E-state index contributed by atoms with van der Waals surface area (Å²) in [7, 11) is -3.80. The molecule has 0 aliphatic heterocycles. The third-order valence-electron chi connectivity index (χ3n) is 4.89. The Morgan fingerprint density at radius 3 is 2.38 bits per heavy atom. The number of anilines is 1. The molecule has 0 spiro atoms. The molecule has 8 heteroatoms. The van der Waals surface area contributed by atoms with Gasteiger partial charge < -0.3 is 10.1 Å². The van der Waals surface area contributed by atoms with Crippen molar-refractivity contribution < 1.29 is 22.7 Å². The van der Waals surface area contributed by atoms with Crippen LogP contribution in [0.4, 0.5) is 5.69 Å². The lowest BCUT2D eigenvalue weighted by atomic mass is 9.90. The molecule has 0 bridgehead atoms. The van der Waals surface area contributed by atoms with Crippen molar-refractivity contribution in [2.75, 3.05) is 5.32 Å². The van der Waals surface area contributed by atoms with E-state index in [0.717, 1.165) is 24.8 Å². The fourth-order valence-corrected chi connectivity index (χ4v) is 3.84. The highest BCUT2D eigenvalue weighted by Gasteiger charge is 2.19. The van der Waals surface area contributed by atoms with Gasteiger partial charge in [0.2, 0.25) is 10.0 Å². The maximum Gasteiger partial charge on any atom is 0.311 e. The van der Waals surface area contributed by atoms with Gasteiger partial charge in [0.25, 0.3) is 5.91 Å². The van der Waals surface area contributed by atoms with Gasteiger partial charge in [-0.3, -0.25) is 9.59 Å². The molecule has 2 aromatic carbocycles. The van der Waals surface area contributed by atoms with E-state index >= 15 is 0 Å². The van der Waals surface area contributed by atoms with E-state index in [9.17, 15) is 18.0 Å². The lowest BCUT2D eigenvalue weighted by Gasteiger charge is -2.17. The summed E-state index contributed by atoms with van der Waals surface area (Å²) in [6.45, 7) is 1.48. The molecule has 2 aromatic rings. The Balaban J connectivity index is 1.54. The molecule has 1 atom stereocenters.